The van der Waals surface area contributed by atoms with Crippen LogP contribution in [0.25, 0.3) is 0 Å². The second-order valence-electron chi connectivity index (χ2n) is 7.18. The van der Waals surface area contributed by atoms with Crippen LogP contribution in [-0.2, 0) is 17.9 Å². The highest BCUT2D eigenvalue weighted by atomic mass is 16.5. The van der Waals surface area contributed by atoms with E-state index in [4.69, 9.17) is 14.2 Å². The fourth-order valence-electron chi connectivity index (χ4n) is 3.22. The first-order valence-electron chi connectivity index (χ1n) is 10.0. The van der Waals surface area contributed by atoms with Crippen LogP contribution in [0, 0.1) is 0 Å². The van der Waals surface area contributed by atoms with Gasteiger partial charge in [0.25, 0.3) is 0 Å². The molecule has 6 nitrogen and oxygen atoms in total. The number of methoxy groups -OCH3 is 2. The number of hydrogen-bond acceptors (Lipinski definition) is 5. The molecule has 0 saturated carbocycles. The van der Waals surface area contributed by atoms with E-state index in [1.165, 1.54) is 0 Å². The molecule has 0 atom stereocenters. The van der Waals surface area contributed by atoms with Crippen molar-refractivity contribution < 1.29 is 19.0 Å². The summed E-state index contributed by atoms with van der Waals surface area (Å²) >= 11 is 0. The van der Waals surface area contributed by atoms with Gasteiger partial charge in [-0.05, 0) is 42.4 Å². The highest BCUT2D eigenvalue weighted by Crippen LogP contribution is 2.29. The number of amides is 1. The molecule has 0 unspecified atom stereocenters. The molecule has 3 aromatic carbocycles. The van der Waals surface area contributed by atoms with E-state index in [0.29, 0.717) is 36.1 Å². The number of para-hydroxylation sites is 2. The Morgan fingerprint density at radius 2 is 1.55 bits per heavy atom. The molecular formula is C25H28N2O4. The minimum absolute atomic E-state index is 0.109. The van der Waals surface area contributed by atoms with E-state index in [1.54, 1.807) is 14.2 Å². The first-order valence-corrected chi connectivity index (χ1v) is 10.0. The minimum atomic E-state index is -0.109. The molecule has 0 aromatic heterocycles. The fraction of sp³-hybridized carbons (Fsp3) is 0.240. The van der Waals surface area contributed by atoms with E-state index in [9.17, 15) is 4.79 Å². The molecule has 0 bridgehead atoms. The quantitative estimate of drug-likeness (QED) is 0.528. The number of nitrogens with one attached hydrogen (secondary N) is 1. The summed E-state index contributed by atoms with van der Waals surface area (Å²) in [6, 6.07) is 23.2. The van der Waals surface area contributed by atoms with Gasteiger partial charge in [0, 0.05) is 6.54 Å². The third kappa shape index (κ3) is 6.49. The molecule has 6 heteroatoms. The molecule has 0 heterocycles. The number of carbonyl (C=O) groups excluding carboxylic acids is 1. The summed E-state index contributed by atoms with van der Waals surface area (Å²) < 4.78 is 16.7. The van der Waals surface area contributed by atoms with Crippen molar-refractivity contribution in [3.05, 3.63) is 83.9 Å². The maximum Gasteiger partial charge on any atom is 0.238 e. The first-order chi connectivity index (χ1) is 15.1. The van der Waals surface area contributed by atoms with Crippen LogP contribution >= 0.6 is 0 Å². The van der Waals surface area contributed by atoms with Gasteiger partial charge in [-0.3, -0.25) is 9.69 Å². The van der Waals surface area contributed by atoms with Crippen LogP contribution < -0.4 is 19.5 Å². The van der Waals surface area contributed by atoms with Gasteiger partial charge in [-0.25, -0.2) is 0 Å². The summed E-state index contributed by atoms with van der Waals surface area (Å²) in [4.78, 5) is 14.4. The van der Waals surface area contributed by atoms with Gasteiger partial charge in [-0.2, -0.15) is 0 Å². The van der Waals surface area contributed by atoms with Crippen molar-refractivity contribution in [2.24, 2.45) is 0 Å². The molecule has 0 saturated heterocycles. The molecule has 162 valence electrons. The lowest BCUT2D eigenvalue weighted by Crippen LogP contribution is -2.30. The molecule has 0 aliphatic carbocycles. The number of likely N-dealkylation sites (N-methyl/N-ethyl adjacent to an activating group) is 1. The zero-order valence-corrected chi connectivity index (χ0v) is 18.1. The van der Waals surface area contributed by atoms with Crippen molar-refractivity contribution in [3.63, 3.8) is 0 Å². The van der Waals surface area contributed by atoms with E-state index in [1.807, 2.05) is 84.7 Å². The number of nitrogens with zero attached hydrogens (tertiary/aromatic N) is 1. The smallest absolute Gasteiger partial charge is 0.238 e. The molecule has 3 rings (SSSR count). The molecule has 0 spiro atoms. The lowest BCUT2D eigenvalue weighted by atomic mass is 10.2. The van der Waals surface area contributed by atoms with Gasteiger partial charge in [-0.1, -0.05) is 48.5 Å². The SMILES string of the molecule is COc1ccccc1NC(=O)CN(C)Cc1ccc(OCc2ccccc2)c(OC)c1. The number of anilines is 1. The molecule has 3 aromatic rings. The number of carbonyl (C=O) groups is 1. The third-order valence-corrected chi connectivity index (χ3v) is 4.71. The van der Waals surface area contributed by atoms with Crippen LogP contribution in [0.4, 0.5) is 5.69 Å². The van der Waals surface area contributed by atoms with Crippen molar-refractivity contribution in [2.45, 2.75) is 13.2 Å². The standard InChI is InChI=1S/C25H28N2O4/c1-27(17-25(28)26-21-11-7-8-12-22(21)29-2)16-20-13-14-23(24(15-20)30-3)31-18-19-9-5-4-6-10-19/h4-15H,16-18H2,1-3H3,(H,26,28). The first kappa shape index (κ1) is 22.2. The molecule has 1 N–H and O–H groups in total. The van der Waals surface area contributed by atoms with Gasteiger partial charge in [-0.15, -0.1) is 0 Å². The minimum Gasteiger partial charge on any atom is -0.495 e. The molecule has 0 fully saturated rings. The van der Waals surface area contributed by atoms with Gasteiger partial charge in [0.1, 0.15) is 12.4 Å². The molecular weight excluding hydrogens is 392 g/mol. The third-order valence-electron chi connectivity index (χ3n) is 4.71. The molecule has 31 heavy (non-hydrogen) atoms. The van der Waals surface area contributed by atoms with Gasteiger partial charge in [0.2, 0.25) is 5.91 Å². The topological polar surface area (TPSA) is 60.0 Å². The average molecular weight is 421 g/mol. The summed E-state index contributed by atoms with van der Waals surface area (Å²) in [6.45, 7) is 1.31. The number of hydrogen-bond donors (Lipinski definition) is 1. The highest BCUT2D eigenvalue weighted by molar-refractivity contribution is 5.93. The zero-order valence-electron chi connectivity index (χ0n) is 18.1. The Balaban J connectivity index is 1.56. The van der Waals surface area contributed by atoms with Crippen molar-refractivity contribution in [3.8, 4) is 17.2 Å². The number of rotatable bonds is 10. The van der Waals surface area contributed by atoms with Crippen LogP contribution in [0.1, 0.15) is 11.1 Å². The normalized spacial score (nSPS) is 10.6. The summed E-state index contributed by atoms with van der Waals surface area (Å²) in [7, 11) is 5.10. The predicted octanol–water partition coefficient (Wildman–Crippen LogP) is 4.35. The summed E-state index contributed by atoms with van der Waals surface area (Å²) in [5.74, 6) is 1.88. The van der Waals surface area contributed by atoms with Crippen molar-refractivity contribution in [1.29, 1.82) is 0 Å². The van der Waals surface area contributed by atoms with Crippen LogP contribution in [0.2, 0.25) is 0 Å². The highest BCUT2D eigenvalue weighted by Gasteiger charge is 2.12. The average Bonchev–Trinajstić information content (AvgIpc) is 2.79. The molecule has 0 radical (unpaired) electrons. The Kier molecular flexibility index (Phi) is 7.90. The van der Waals surface area contributed by atoms with Crippen LogP contribution in [0.3, 0.4) is 0 Å². The van der Waals surface area contributed by atoms with E-state index < -0.39 is 0 Å². The number of ether oxygens (including phenoxy) is 3. The largest absolute Gasteiger partial charge is 0.495 e. The second kappa shape index (κ2) is 11.0. The fourth-order valence-corrected chi connectivity index (χ4v) is 3.22. The summed E-state index contributed by atoms with van der Waals surface area (Å²) in [5, 5.41) is 2.89. The maximum absolute atomic E-state index is 12.4. The van der Waals surface area contributed by atoms with Gasteiger partial charge in [0.05, 0.1) is 26.5 Å². The van der Waals surface area contributed by atoms with E-state index in [2.05, 4.69) is 5.32 Å². The van der Waals surface area contributed by atoms with Crippen molar-refractivity contribution >= 4 is 11.6 Å². The zero-order chi connectivity index (χ0) is 22.1. The van der Waals surface area contributed by atoms with Crippen LogP contribution in [-0.4, -0.2) is 38.6 Å². The Morgan fingerprint density at radius 1 is 0.839 bits per heavy atom. The van der Waals surface area contributed by atoms with E-state index in [0.717, 1.165) is 11.1 Å². The molecule has 0 aliphatic heterocycles. The molecule has 1 amide bonds. The van der Waals surface area contributed by atoms with Gasteiger partial charge >= 0.3 is 0 Å². The van der Waals surface area contributed by atoms with Crippen LogP contribution in [0.5, 0.6) is 17.2 Å². The van der Waals surface area contributed by atoms with Crippen molar-refractivity contribution in [2.75, 3.05) is 33.1 Å². The predicted molar refractivity (Wildman–Crippen MR) is 122 cm³/mol. The lowest BCUT2D eigenvalue weighted by Gasteiger charge is -2.18. The van der Waals surface area contributed by atoms with Gasteiger partial charge in [0.15, 0.2) is 11.5 Å². The van der Waals surface area contributed by atoms with Gasteiger partial charge < -0.3 is 19.5 Å². The molecule has 0 aliphatic rings. The second-order valence-corrected chi connectivity index (χ2v) is 7.18. The number of benzene rings is 3. The monoisotopic (exact) mass is 420 g/mol. The Bertz CT molecular complexity index is 992. The van der Waals surface area contributed by atoms with Crippen molar-refractivity contribution in [1.82, 2.24) is 4.90 Å². The van der Waals surface area contributed by atoms with Crippen LogP contribution in [0.15, 0.2) is 72.8 Å². The Hall–Kier alpha value is -3.51. The Labute approximate surface area is 183 Å². The Morgan fingerprint density at radius 3 is 2.29 bits per heavy atom. The van der Waals surface area contributed by atoms with E-state index in [-0.39, 0.29) is 12.5 Å². The summed E-state index contributed by atoms with van der Waals surface area (Å²) in [6.07, 6.45) is 0. The maximum atomic E-state index is 12.4. The summed E-state index contributed by atoms with van der Waals surface area (Å²) in [5.41, 5.74) is 2.77. The lowest BCUT2D eigenvalue weighted by molar-refractivity contribution is -0.117. The van der Waals surface area contributed by atoms with E-state index >= 15 is 0 Å².